The van der Waals surface area contributed by atoms with Crippen molar-refractivity contribution < 1.29 is 19.4 Å². The summed E-state index contributed by atoms with van der Waals surface area (Å²) in [6, 6.07) is 8.83. The SMILES string of the molecule is CCC(NC(=O)CC1(OC)CCC1)(C(=O)O)c1ccccc1. The van der Waals surface area contributed by atoms with Gasteiger partial charge in [0, 0.05) is 7.11 Å². The number of carboxylic acids is 1. The van der Waals surface area contributed by atoms with Crippen LogP contribution in [0.4, 0.5) is 0 Å². The summed E-state index contributed by atoms with van der Waals surface area (Å²) in [6.07, 6.45) is 3.20. The molecule has 1 aliphatic carbocycles. The van der Waals surface area contributed by atoms with E-state index in [-0.39, 0.29) is 18.7 Å². The number of rotatable bonds is 7. The van der Waals surface area contributed by atoms with Gasteiger partial charge in [-0.25, -0.2) is 4.79 Å². The van der Waals surface area contributed by atoms with E-state index in [0.29, 0.717) is 5.56 Å². The summed E-state index contributed by atoms with van der Waals surface area (Å²) >= 11 is 0. The van der Waals surface area contributed by atoms with Gasteiger partial charge in [0.2, 0.25) is 5.91 Å². The predicted octanol–water partition coefficient (Wildman–Crippen LogP) is 2.45. The molecule has 0 radical (unpaired) electrons. The van der Waals surface area contributed by atoms with Gasteiger partial charge in [0.15, 0.2) is 5.54 Å². The molecule has 0 heterocycles. The fraction of sp³-hybridized carbons (Fsp3) is 0.529. The molecule has 5 heteroatoms. The molecule has 1 unspecified atom stereocenters. The van der Waals surface area contributed by atoms with Crippen LogP contribution in [0.2, 0.25) is 0 Å². The first-order chi connectivity index (χ1) is 10.5. The molecule has 0 spiro atoms. The first-order valence-corrected chi connectivity index (χ1v) is 7.63. The molecule has 1 aromatic rings. The highest BCUT2D eigenvalue weighted by Gasteiger charge is 2.44. The second-order valence-corrected chi connectivity index (χ2v) is 5.90. The van der Waals surface area contributed by atoms with E-state index < -0.39 is 17.1 Å². The lowest BCUT2D eigenvalue weighted by molar-refractivity contribution is -0.151. The molecule has 2 rings (SSSR count). The number of ether oxygens (including phenoxy) is 1. The van der Waals surface area contributed by atoms with Crippen LogP contribution >= 0.6 is 0 Å². The molecule has 1 aliphatic rings. The molecule has 22 heavy (non-hydrogen) atoms. The number of hydrogen-bond donors (Lipinski definition) is 2. The fourth-order valence-electron chi connectivity index (χ4n) is 3.01. The highest BCUT2D eigenvalue weighted by Crippen LogP contribution is 2.38. The average Bonchev–Trinajstić information content (AvgIpc) is 2.49. The monoisotopic (exact) mass is 305 g/mol. The summed E-state index contributed by atoms with van der Waals surface area (Å²) < 4.78 is 5.45. The number of carbonyl (C=O) groups excluding carboxylic acids is 1. The normalized spacial score (nSPS) is 18.8. The van der Waals surface area contributed by atoms with Crippen molar-refractivity contribution in [3.8, 4) is 0 Å². The van der Waals surface area contributed by atoms with Crippen molar-refractivity contribution in [2.24, 2.45) is 0 Å². The number of hydrogen-bond acceptors (Lipinski definition) is 3. The maximum Gasteiger partial charge on any atom is 0.334 e. The molecular formula is C17H23NO4. The molecule has 1 aromatic carbocycles. The van der Waals surface area contributed by atoms with E-state index in [9.17, 15) is 14.7 Å². The molecule has 120 valence electrons. The Morgan fingerprint density at radius 2 is 1.95 bits per heavy atom. The van der Waals surface area contributed by atoms with Crippen molar-refractivity contribution in [1.29, 1.82) is 0 Å². The van der Waals surface area contributed by atoms with Crippen molar-refractivity contribution in [3.63, 3.8) is 0 Å². The van der Waals surface area contributed by atoms with Crippen molar-refractivity contribution in [1.82, 2.24) is 5.32 Å². The van der Waals surface area contributed by atoms with Crippen molar-refractivity contribution in [3.05, 3.63) is 35.9 Å². The topological polar surface area (TPSA) is 75.6 Å². The standard InChI is InChI=1S/C17H23NO4/c1-3-17(15(20)21,13-8-5-4-6-9-13)18-14(19)12-16(22-2)10-7-11-16/h4-6,8-9H,3,7,10-12H2,1-2H3,(H,18,19)(H,20,21). The molecule has 2 N–H and O–H groups in total. The van der Waals surface area contributed by atoms with Crippen LogP contribution in [0.5, 0.6) is 0 Å². The maximum atomic E-state index is 12.4. The number of methoxy groups -OCH3 is 1. The highest BCUT2D eigenvalue weighted by molar-refractivity contribution is 5.88. The Bertz CT molecular complexity index is 533. The number of benzene rings is 1. The zero-order valence-electron chi connectivity index (χ0n) is 13.1. The van der Waals surface area contributed by atoms with Gasteiger partial charge in [-0.15, -0.1) is 0 Å². The van der Waals surface area contributed by atoms with E-state index >= 15 is 0 Å². The Balaban J connectivity index is 2.20. The van der Waals surface area contributed by atoms with Gasteiger partial charge < -0.3 is 15.2 Å². The second kappa shape index (κ2) is 6.48. The summed E-state index contributed by atoms with van der Waals surface area (Å²) in [4.78, 5) is 24.3. The van der Waals surface area contributed by atoms with Gasteiger partial charge in [-0.1, -0.05) is 37.3 Å². The van der Waals surface area contributed by atoms with E-state index in [1.807, 2.05) is 6.07 Å². The van der Waals surface area contributed by atoms with Gasteiger partial charge in [0.25, 0.3) is 0 Å². The van der Waals surface area contributed by atoms with Crippen LogP contribution in [0.1, 0.15) is 44.6 Å². The van der Waals surface area contributed by atoms with Crippen LogP contribution < -0.4 is 5.32 Å². The third-order valence-electron chi connectivity index (χ3n) is 4.70. The molecular weight excluding hydrogens is 282 g/mol. The third-order valence-corrected chi connectivity index (χ3v) is 4.70. The fourth-order valence-corrected chi connectivity index (χ4v) is 3.01. The van der Waals surface area contributed by atoms with Crippen LogP contribution in [0.3, 0.4) is 0 Å². The van der Waals surface area contributed by atoms with Crippen molar-refractivity contribution in [2.75, 3.05) is 7.11 Å². The minimum absolute atomic E-state index is 0.200. The zero-order valence-corrected chi connectivity index (χ0v) is 13.1. The van der Waals surface area contributed by atoms with Gasteiger partial charge in [-0.3, -0.25) is 4.79 Å². The molecule has 1 saturated carbocycles. The van der Waals surface area contributed by atoms with Crippen LogP contribution in [0.25, 0.3) is 0 Å². The van der Waals surface area contributed by atoms with Gasteiger partial charge in [-0.05, 0) is 31.2 Å². The average molecular weight is 305 g/mol. The number of aliphatic carboxylic acids is 1. The van der Waals surface area contributed by atoms with Crippen LogP contribution in [0, 0.1) is 0 Å². The molecule has 1 atom stereocenters. The summed E-state index contributed by atoms with van der Waals surface area (Å²) in [7, 11) is 1.61. The number of nitrogens with one attached hydrogen (secondary N) is 1. The van der Waals surface area contributed by atoms with E-state index in [2.05, 4.69) is 5.32 Å². The summed E-state index contributed by atoms with van der Waals surface area (Å²) in [6.45, 7) is 1.76. The maximum absolute atomic E-state index is 12.4. The Morgan fingerprint density at radius 3 is 2.36 bits per heavy atom. The van der Waals surface area contributed by atoms with Gasteiger partial charge in [-0.2, -0.15) is 0 Å². The molecule has 1 fully saturated rings. The van der Waals surface area contributed by atoms with Gasteiger partial charge in [0.1, 0.15) is 0 Å². The minimum atomic E-state index is -1.39. The lowest BCUT2D eigenvalue weighted by Gasteiger charge is -2.41. The van der Waals surface area contributed by atoms with Gasteiger partial charge in [0.05, 0.1) is 12.0 Å². The molecule has 5 nitrogen and oxygen atoms in total. The lowest BCUT2D eigenvalue weighted by atomic mass is 9.77. The van der Waals surface area contributed by atoms with Gasteiger partial charge >= 0.3 is 5.97 Å². The first kappa shape index (κ1) is 16.5. The zero-order chi connectivity index (χ0) is 16.2. The van der Waals surface area contributed by atoms with E-state index in [1.165, 1.54) is 0 Å². The quantitative estimate of drug-likeness (QED) is 0.811. The molecule has 0 aromatic heterocycles. The van der Waals surface area contributed by atoms with Crippen LogP contribution in [-0.2, 0) is 19.9 Å². The van der Waals surface area contributed by atoms with Crippen molar-refractivity contribution >= 4 is 11.9 Å². The summed E-state index contributed by atoms with van der Waals surface area (Å²) in [5.74, 6) is -1.33. The molecule has 0 bridgehead atoms. The Kier molecular flexibility index (Phi) is 4.86. The van der Waals surface area contributed by atoms with Crippen LogP contribution in [-0.4, -0.2) is 29.7 Å². The number of amides is 1. The predicted molar refractivity (Wildman–Crippen MR) is 82.4 cm³/mol. The Morgan fingerprint density at radius 1 is 1.32 bits per heavy atom. The molecule has 1 amide bonds. The van der Waals surface area contributed by atoms with Crippen LogP contribution in [0.15, 0.2) is 30.3 Å². The largest absolute Gasteiger partial charge is 0.479 e. The third kappa shape index (κ3) is 2.99. The number of carbonyl (C=O) groups is 2. The van der Waals surface area contributed by atoms with E-state index in [0.717, 1.165) is 19.3 Å². The Hall–Kier alpha value is -1.88. The number of carboxylic acid groups (broad SMARTS) is 1. The smallest absolute Gasteiger partial charge is 0.334 e. The van der Waals surface area contributed by atoms with E-state index in [4.69, 9.17) is 4.74 Å². The van der Waals surface area contributed by atoms with Crippen molar-refractivity contribution in [2.45, 2.75) is 50.2 Å². The first-order valence-electron chi connectivity index (χ1n) is 7.63. The summed E-state index contributed by atoms with van der Waals surface area (Å²) in [5, 5.41) is 12.4. The lowest BCUT2D eigenvalue weighted by Crippen LogP contribution is -2.54. The Labute approximate surface area is 130 Å². The highest BCUT2D eigenvalue weighted by atomic mass is 16.5. The minimum Gasteiger partial charge on any atom is -0.479 e. The summed E-state index contributed by atoms with van der Waals surface area (Å²) in [5.41, 5.74) is -1.23. The molecule has 0 aliphatic heterocycles. The van der Waals surface area contributed by atoms with E-state index in [1.54, 1.807) is 38.3 Å². The molecule has 0 saturated heterocycles. The second-order valence-electron chi connectivity index (χ2n) is 5.90.